The SMILES string of the molecule is O=C(c1ccn[nH]1)N1CCC2(C1)OCCO2. The molecule has 1 aromatic heterocycles. The zero-order valence-electron chi connectivity index (χ0n) is 8.81. The molecule has 2 aliphatic rings. The Balaban J connectivity index is 1.72. The van der Waals surface area contributed by atoms with Crippen molar-refractivity contribution in [2.45, 2.75) is 12.2 Å². The number of carbonyl (C=O) groups excluding carboxylic acids is 1. The van der Waals surface area contributed by atoms with Crippen LogP contribution in [0.4, 0.5) is 0 Å². The predicted molar refractivity (Wildman–Crippen MR) is 53.7 cm³/mol. The third kappa shape index (κ3) is 1.50. The molecule has 3 heterocycles. The minimum absolute atomic E-state index is 0.0477. The second kappa shape index (κ2) is 3.57. The Morgan fingerprint density at radius 1 is 1.50 bits per heavy atom. The van der Waals surface area contributed by atoms with Crippen molar-refractivity contribution in [1.29, 1.82) is 0 Å². The van der Waals surface area contributed by atoms with E-state index in [1.807, 2.05) is 0 Å². The molecule has 0 radical (unpaired) electrons. The maximum Gasteiger partial charge on any atom is 0.272 e. The number of rotatable bonds is 1. The van der Waals surface area contributed by atoms with Gasteiger partial charge in [-0.1, -0.05) is 0 Å². The van der Waals surface area contributed by atoms with Crippen LogP contribution in [0.25, 0.3) is 0 Å². The van der Waals surface area contributed by atoms with E-state index in [-0.39, 0.29) is 5.91 Å². The molecule has 2 saturated heterocycles. The number of nitrogens with one attached hydrogen (secondary N) is 1. The number of nitrogens with zero attached hydrogens (tertiary/aromatic N) is 2. The zero-order chi connectivity index (χ0) is 11.0. The van der Waals surface area contributed by atoms with Crippen LogP contribution in [0.15, 0.2) is 12.3 Å². The third-order valence-corrected chi connectivity index (χ3v) is 3.03. The Hall–Kier alpha value is -1.40. The highest BCUT2D eigenvalue weighted by Gasteiger charge is 2.45. The molecule has 0 aromatic carbocycles. The van der Waals surface area contributed by atoms with Crippen LogP contribution in [-0.2, 0) is 9.47 Å². The van der Waals surface area contributed by atoms with E-state index in [0.717, 1.165) is 6.42 Å². The van der Waals surface area contributed by atoms with Gasteiger partial charge < -0.3 is 14.4 Å². The van der Waals surface area contributed by atoms with Crippen molar-refractivity contribution < 1.29 is 14.3 Å². The van der Waals surface area contributed by atoms with Crippen molar-refractivity contribution in [2.24, 2.45) is 0 Å². The molecule has 6 nitrogen and oxygen atoms in total. The molecule has 1 amide bonds. The highest BCUT2D eigenvalue weighted by molar-refractivity contribution is 5.92. The van der Waals surface area contributed by atoms with E-state index in [1.165, 1.54) is 0 Å². The molecule has 86 valence electrons. The predicted octanol–water partition coefficient (Wildman–Crippen LogP) is -0.00130. The van der Waals surface area contributed by atoms with Crippen LogP contribution < -0.4 is 0 Å². The second-order valence-electron chi connectivity index (χ2n) is 4.05. The van der Waals surface area contributed by atoms with Gasteiger partial charge in [0, 0.05) is 19.2 Å². The Labute approximate surface area is 92.5 Å². The molecule has 6 heteroatoms. The summed E-state index contributed by atoms with van der Waals surface area (Å²) in [5, 5.41) is 6.44. The Morgan fingerprint density at radius 2 is 2.31 bits per heavy atom. The number of hydrogen-bond acceptors (Lipinski definition) is 4. The Morgan fingerprint density at radius 3 is 3.00 bits per heavy atom. The number of aromatic nitrogens is 2. The molecule has 16 heavy (non-hydrogen) atoms. The van der Waals surface area contributed by atoms with Crippen molar-refractivity contribution in [3.8, 4) is 0 Å². The minimum atomic E-state index is -0.546. The van der Waals surface area contributed by atoms with E-state index in [0.29, 0.717) is 32.0 Å². The maximum atomic E-state index is 12.0. The van der Waals surface area contributed by atoms with Crippen molar-refractivity contribution in [3.63, 3.8) is 0 Å². The van der Waals surface area contributed by atoms with Gasteiger partial charge in [-0.15, -0.1) is 0 Å². The van der Waals surface area contributed by atoms with Crippen molar-refractivity contribution in [3.05, 3.63) is 18.0 Å². The Bertz CT molecular complexity index is 384. The van der Waals surface area contributed by atoms with Gasteiger partial charge >= 0.3 is 0 Å². The van der Waals surface area contributed by atoms with Crippen LogP contribution in [0.2, 0.25) is 0 Å². The summed E-state index contributed by atoms with van der Waals surface area (Å²) in [6.45, 7) is 2.40. The molecule has 0 bridgehead atoms. The zero-order valence-corrected chi connectivity index (χ0v) is 8.81. The van der Waals surface area contributed by atoms with Crippen LogP contribution in [0.1, 0.15) is 16.9 Å². The normalized spacial score (nSPS) is 23.1. The van der Waals surface area contributed by atoms with Gasteiger partial charge in [-0.2, -0.15) is 5.10 Å². The van der Waals surface area contributed by atoms with Gasteiger partial charge in [0.15, 0.2) is 5.79 Å². The molecule has 1 spiro atoms. The van der Waals surface area contributed by atoms with Gasteiger partial charge in [0.05, 0.1) is 19.8 Å². The van der Waals surface area contributed by atoms with Gasteiger partial charge in [0.1, 0.15) is 5.69 Å². The molecule has 0 atom stereocenters. The lowest BCUT2D eigenvalue weighted by molar-refractivity contribution is -0.143. The van der Waals surface area contributed by atoms with Crippen LogP contribution in [0.3, 0.4) is 0 Å². The average molecular weight is 223 g/mol. The molecule has 1 aromatic rings. The molecule has 2 aliphatic heterocycles. The number of ether oxygens (including phenoxy) is 2. The smallest absolute Gasteiger partial charge is 0.272 e. The van der Waals surface area contributed by atoms with Gasteiger partial charge in [-0.05, 0) is 6.07 Å². The largest absolute Gasteiger partial charge is 0.346 e. The van der Waals surface area contributed by atoms with E-state index >= 15 is 0 Å². The lowest BCUT2D eigenvalue weighted by atomic mass is 10.2. The molecule has 0 saturated carbocycles. The standard InChI is InChI=1S/C10H13N3O3/c14-9(8-1-3-11-12-8)13-4-2-10(7-13)15-5-6-16-10/h1,3H,2,4-7H2,(H,11,12). The number of H-pyrrole nitrogens is 1. The number of carbonyl (C=O) groups is 1. The number of aromatic amines is 1. The summed E-state index contributed by atoms with van der Waals surface area (Å²) in [5.41, 5.74) is 0.509. The topological polar surface area (TPSA) is 67.5 Å². The quantitative estimate of drug-likeness (QED) is 0.727. The van der Waals surface area contributed by atoms with Gasteiger partial charge in [0.2, 0.25) is 0 Å². The van der Waals surface area contributed by atoms with Crippen LogP contribution in [0.5, 0.6) is 0 Å². The molecule has 0 aliphatic carbocycles. The van der Waals surface area contributed by atoms with Gasteiger partial charge in [-0.25, -0.2) is 0 Å². The second-order valence-corrected chi connectivity index (χ2v) is 4.05. The monoisotopic (exact) mass is 223 g/mol. The van der Waals surface area contributed by atoms with E-state index in [1.54, 1.807) is 17.2 Å². The first-order valence-electron chi connectivity index (χ1n) is 5.36. The van der Waals surface area contributed by atoms with E-state index in [4.69, 9.17) is 9.47 Å². The summed E-state index contributed by atoms with van der Waals surface area (Å²) in [6, 6.07) is 1.67. The van der Waals surface area contributed by atoms with E-state index in [2.05, 4.69) is 10.2 Å². The lowest BCUT2D eigenvalue weighted by Gasteiger charge is -2.21. The fourth-order valence-electron chi connectivity index (χ4n) is 2.21. The summed E-state index contributed by atoms with van der Waals surface area (Å²) in [6.07, 6.45) is 2.31. The molecule has 2 fully saturated rings. The molecular formula is C10H13N3O3. The van der Waals surface area contributed by atoms with E-state index < -0.39 is 5.79 Å². The summed E-state index contributed by atoms with van der Waals surface area (Å²) < 4.78 is 11.1. The highest BCUT2D eigenvalue weighted by Crippen LogP contribution is 2.30. The summed E-state index contributed by atoms with van der Waals surface area (Å²) >= 11 is 0. The Kier molecular flexibility index (Phi) is 2.19. The van der Waals surface area contributed by atoms with Crippen LogP contribution in [-0.4, -0.2) is 53.1 Å². The van der Waals surface area contributed by atoms with Crippen LogP contribution >= 0.6 is 0 Å². The first-order valence-corrected chi connectivity index (χ1v) is 5.36. The fourth-order valence-corrected chi connectivity index (χ4v) is 2.21. The van der Waals surface area contributed by atoms with Gasteiger partial charge in [-0.3, -0.25) is 9.89 Å². The molecule has 3 rings (SSSR count). The maximum absolute atomic E-state index is 12.0. The average Bonchev–Trinajstić information content (AvgIpc) is 3.01. The first-order chi connectivity index (χ1) is 7.79. The minimum Gasteiger partial charge on any atom is -0.346 e. The molecular weight excluding hydrogens is 210 g/mol. The van der Waals surface area contributed by atoms with Crippen molar-refractivity contribution in [2.75, 3.05) is 26.3 Å². The van der Waals surface area contributed by atoms with Crippen LogP contribution in [0, 0.1) is 0 Å². The first kappa shape index (κ1) is 9.80. The summed E-state index contributed by atoms with van der Waals surface area (Å²) in [7, 11) is 0. The van der Waals surface area contributed by atoms with Crippen molar-refractivity contribution in [1.82, 2.24) is 15.1 Å². The summed E-state index contributed by atoms with van der Waals surface area (Å²) in [4.78, 5) is 13.7. The number of likely N-dealkylation sites (tertiary alicyclic amines) is 1. The van der Waals surface area contributed by atoms with Crippen molar-refractivity contribution >= 4 is 5.91 Å². The third-order valence-electron chi connectivity index (χ3n) is 3.03. The highest BCUT2D eigenvalue weighted by atomic mass is 16.7. The fraction of sp³-hybridized carbons (Fsp3) is 0.600. The number of amides is 1. The van der Waals surface area contributed by atoms with Gasteiger partial charge in [0.25, 0.3) is 5.91 Å². The van der Waals surface area contributed by atoms with E-state index in [9.17, 15) is 4.79 Å². The molecule has 0 unspecified atom stereocenters. The lowest BCUT2D eigenvalue weighted by Crippen LogP contribution is -2.37. The summed E-state index contributed by atoms with van der Waals surface area (Å²) in [5.74, 6) is -0.594. The molecule has 1 N–H and O–H groups in total. The number of hydrogen-bond donors (Lipinski definition) is 1.